The number of hydrogen-bond donors (Lipinski definition) is 0. The molecule has 0 saturated heterocycles. The zero-order valence-electron chi connectivity index (χ0n) is 17.9. The van der Waals surface area contributed by atoms with Crippen LogP contribution >= 0.6 is 24.0 Å². The highest BCUT2D eigenvalue weighted by Gasteiger charge is 1.98. The summed E-state index contributed by atoms with van der Waals surface area (Å²) in [6.45, 7) is 4.98. The Bertz CT molecular complexity index is 281. The van der Waals surface area contributed by atoms with Gasteiger partial charge in [-0.2, -0.15) is 0 Å². The standard InChI is InChI=1S/C23H46OS2/c1-3-5-6-7-8-9-10-11-12-13-14-15-16-17-18-19-20-21-22-26-23(25)24-4-2/h3-22H2,1-2H3. The van der Waals surface area contributed by atoms with Crippen LogP contribution in [0.2, 0.25) is 0 Å². The molecule has 0 aliphatic heterocycles. The van der Waals surface area contributed by atoms with Gasteiger partial charge in [-0.05, 0) is 25.6 Å². The molecule has 0 fully saturated rings. The first-order chi connectivity index (χ1) is 12.8. The Balaban J connectivity index is 3.02. The number of unbranched alkanes of at least 4 members (excludes halogenated alkanes) is 17. The Morgan fingerprint density at radius 2 is 0.923 bits per heavy atom. The summed E-state index contributed by atoms with van der Waals surface area (Å²) in [4.78, 5) is 0. The summed E-state index contributed by atoms with van der Waals surface area (Å²) in [5, 5.41) is 0. The number of rotatable bonds is 20. The number of thioether (sulfide) groups is 1. The highest BCUT2D eigenvalue weighted by molar-refractivity contribution is 8.22. The Kier molecular flexibility index (Phi) is 23.5. The first kappa shape index (κ1) is 26.2. The van der Waals surface area contributed by atoms with Crippen LogP contribution in [-0.2, 0) is 4.74 Å². The van der Waals surface area contributed by atoms with Gasteiger partial charge in [0, 0.05) is 5.75 Å². The van der Waals surface area contributed by atoms with Gasteiger partial charge in [0.1, 0.15) is 0 Å². The molecule has 1 nitrogen and oxygen atoms in total. The maximum atomic E-state index is 5.27. The van der Waals surface area contributed by atoms with Gasteiger partial charge < -0.3 is 4.74 Å². The van der Waals surface area contributed by atoms with Crippen molar-refractivity contribution < 1.29 is 4.74 Å². The number of ether oxygens (including phenoxy) is 1. The zero-order valence-corrected chi connectivity index (χ0v) is 19.5. The first-order valence-electron chi connectivity index (χ1n) is 11.6. The van der Waals surface area contributed by atoms with Gasteiger partial charge in [-0.15, -0.1) is 0 Å². The summed E-state index contributed by atoms with van der Waals surface area (Å²) in [5.74, 6) is 1.12. The molecule has 0 bridgehead atoms. The van der Waals surface area contributed by atoms with Gasteiger partial charge in [0.05, 0.1) is 6.61 Å². The molecule has 0 rings (SSSR count). The predicted molar refractivity (Wildman–Crippen MR) is 125 cm³/mol. The van der Waals surface area contributed by atoms with Gasteiger partial charge in [0.15, 0.2) is 0 Å². The van der Waals surface area contributed by atoms with Crippen LogP contribution in [-0.4, -0.2) is 16.7 Å². The third kappa shape index (κ3) is 22.3. The van der Waals surface area contributed by atoms with Gasteiger partial charge in [0.25, 0.3) is 0 Å². The minimum absolute atomic E-state index is 0.699. The Labute approximate surface area is 174 Å². The van der Waals surface area contributed by atoms with Crippen molar-refractivity contribution in [3.05, 3.63) is 0 Å². The van der Waals surface area contributed by atoms with Crippen LogP contribution < -0.4 is 0 Å². The average Bonchev–Trinajstić information content (AvgIpc) is 2.64. The van der Waals surface area contributed by atoms with E-state index in [-0.39, 0.29) is 0 Å². The molecule has 0 unspecified atom stereocenters. The first-order valence-corrected chi connectivity index (χ1v) is 13.0. The lowest BCUT2D eigenvalue weighted by atomic mass is 10.0. The molecular weight excluding hydrogens is 356 g/mol. The largest absolute Gasteiger partial charge is 0.479 e. The molecule has 0 aliphatic carbocycles. The van der Waals surface area contributed by atoms with Crippen molar-refractivity contribution in [1.82, 2.24) is 0 Å². The van der Waals surface area contributed by atoms with E-state index >= 15 is 0 Å². The van der Waals surface area contributed by atoms with E-state index in [2.05, 4.69) is 6.92 Å². The van der Waals surface area contributed by atoms with E-state index < -0.39 is 0 Å². The Morgan fingerprint density at radius 3 is 1.27 bits per heavy atom. The minimum Gasteiger partial charge on any atom is -0.479 e. The van der Waals surface area contributed by atoms with Crippen molar-refractivity contribution in [3.63, 3.8) is 0 Å². The molecule has 0 atom stereocenters. The van der Waals surface area contributed by atoms with Crippen LogP contribution in [0.15, 0.2) is 0 Å². The van der Waals surface area contributed by atoms with E-state index in [1.54, 1.807) is 11.8 Å². The molecule has 0 radical (unpaired) electrons. The van der Waals surface area contributed by atoms with Gasteiger partial charge in [-0.25, -0.2) is 0 Å². The monoisotopic (exact) mass is 402 g/mol. The normalized spacial score (nSPS) is 11.0. The van der Waals surface area contributed by atoms with Crippen molar-refractivity contribution in [2.24, 2.45) is 0 Å². The molecule has 0 aromatic rings. The van der Waals surface area contributed by atoms with Crippen molar-refractivity contribution in [3.8, 4) is 0 Å². The second-order valence-electron chi connectivity index (χ2n) is 7.54. The summed E-state index contributed by atoms with van der Waals surface area (Å²) >= 11 is 6.81. The minimum atomic E-state index is 0.699. The maximum absolute atomic E-state index is 5.27. The van der Waals surface area contributed by atoms with Crippen molar-refractivity contribution in [1.29, 1.82) is 0 Å². The second kappa shape index (κ2) is 23.3. The van der Waals surface area contributed by atoms with Crippen LogP contribution in [0, 0.1) is 0 Å². The molecule has 0 spiro atoms. The average molecular weight is 403 g/mol. The van der Waals surface area contributed by atoms with E-state index in [1.807, 2.05) is 6.92 Å². The third-order valence-electron chi connectivity index (χ3n) is 4.98. The SMILES string of the molecule is CCCCCCCCCCCCCCCCCCCCSC(=S)OCC. The van der Waals surface area contributed by atoms with Crippen molar-refractivity contribution in [2.75, 3.05) is 12.4 Å². The van der Waals surface area contributed by atoms with Crippen LogP contribution in [0.5, 0.6) is 0 Å². The van der Waals surface area contributed by atoms with E-state index in [0.29, 0.717) is 6.61 Å². The topological polar surface area (TPSA) is 9.23 Å². The lowest BCUT2D eigenvalue weighted by molar-refractivity contribution is 0.346. The van der Waals surface area contributed by atoms with E-state index in [1.165, 1.54) is 116 Å². The Hall–Kier alpha value is 0.240. The summed E-state index contributed by atoms with van der Waals surface area (Å²) in [5.41, 5.74) is 0. The predicted octanol–water partition coefficient (Wildman–Crippen LogP) is 9.08. The molecule has 156 valence electrons. The van der Waals surface area contributed by atoms with E-state index in [4.69, 9.17) is 17.0 Å². The number of thiocarbonyl (C=S) groups is 1. The summed E-state index contributed by atoms with van der Waals surface area (Å²) < 4.78 is 6.00. The van der Waals surface area contributed by atoms with Gasteiger partial charge in [0.2, 0.25) is 4.38 Å². The van der Waals surface area contributed by atoms with Crippen LogP contribution in [0.4, 0.5) is 0 Å². The molecule has 0 heterocycles. The number of hydrogen-bond acceptors (Lipinski definition) is 3. The van der Waals surface area contributed by atoms with E-state index in [0.717, 1.165) is 10.1 Å². The highest BCUT2D eigenvalue weighted by Crippen LogP contribution is 2.15. The lowest BCUT2D eigenvalue weighted by Crippen LogP contribution is -1.96. The van der Waals surface area contributed by atoms with Crippen molar-refractivity contribution in [2.45, 2.75) is 129 Å². The fourth-order valence-electron chi connectivity index (χ4n) is 3.32. The molecule has 26 heavy (non-hydrogen) atoms. The van der Waals surface area contributed by atoms with Gasteiger partial charge in [-0.3, -0.25) is 0 Å². The molecular formula is C23H46OS2. The van der Waals surface area contributed by atoms with Gasteiger partial charge >= 0.3 is 0 Å². The Morgan fingerprint density at radius 1 is 0.577 bits per heavy atom. The molecule has 0 aliphatic rings. The second-order valence-corrected chi connectivity index (χ2v) is 9.24. The third-order valence-corrected chi connectivity index (χ3v) is 6.30. The van der Waals surface area contributed by atoms with E-state index in [9.17, 15) is 0 Å². The zero-order chi connectivity index (χ0) is 19.1. The smallest absolute Gasteiger partial charge is 0.219 e. The van der Waals surface area contributed by atoms with Crippen molar-refractivity contribution >= 4 is 28.4 Å². The molecule has 0 aromatic heterocycles. The molecule has 0 N–H and O–H groups in total. The summed E-state index contributed by atoms with van der Waals surface area (Å²) in [6, 6.07) is 0. The molecule has 3 heteroatoms. The fourth-order valence-corrected chi connectivity index (χ4v) is 4.40. The van der Waals surface area contributed by atoms with Crippen LogP contribution in [0.1, 0.15) is 129 Å². The van der Waals surface area contributed by atoms with Crippen LogP contribution in [0.25, 0.3) is 0 Å². The maximum Gasteiger partial charge on any atom is 0.219 e. The summed E-state index contributed by atoms with van der Waals surface area (Å²) in [7, 11) is 0. The summed E-state index contributed by atoms with van der Waals surface area (Å²) in [6.07, 6.45) is 25.8. The molecule has 0 saturated carbocycles. The fraction of sp³-hybridized carbons (Fsp3) is 0.957. The molecule has 0 amide bonds. The van der Waals surface area contributed by atoms with Gasteiger partial charge in [-0.1, -0.05) is 128 Å². The molecule has 0 aromatic carbocycles. The van der Waals surface area contributed by atoms with Crippen LogP contribution in [0.3, 0.4) is 0 Å². The highest BCUT2D eigenvalue weighted by atomic mass is 32.2. The lowest BCUT2D eigenvalue weighted by Gasteiger charge is -2.05. The quantitative estimate of drug-likeness (QED) is 0.148.